The Labute approximate surface area is 169 Å². The first-order chi connectivity index (χ1) is 14.0. The molecular formula is C21H27N5O3. The molecule has 3 heterocycles. The molecule has 0 aliphatic carbocycles. The molecule has 8 nitrogen and oxygen atoms in total. The molecule has 0 spiro atoms. The molecular weight excluding hydrogens is 370 g/mol. The third-order valence-corrected chi connectivity index (χ3v) is 5.55. The van der Waals surface area contributed by atoms with Crippen LogP contribution in [-0.4, -0.2) is 32.3 Å². The highest BCUT2D eigenvalue weighted by Crippen LogP contribution is 2.37. The van der Waals surface area contributed by atoms with Gasteiger partial charge in [0.2, 0.25) is 5.95 Å². The van der Waals surface area contributed by atoms with Crippen LogP contribution in [0.3, 0.4) is 0 Å². The van der Waals surface area contributed by atoms with E-state index in [1.54, 1.807) is 14.2 Å². The minimum Gasteiger partial charge on any atom is -0.495 e. The van der Waals surface area contributed by atoms with Crippen molar-refractivity contribution >= 4 is 22.8 Å². The number of fused-ring (bicyclic) bond motifs is 3. The number of nitrogens with zero attached hydrogens (tertiary/aromatic N) is 5. The maximum Gasteiger partial charge on any atom is 0.332 e. The summed E-state index contributed by atoms with van der Waals surface area (Å²) in [6.45, 7) is 6.04. The van der Waals surface area contributed by atoms with E-state index in [0.717, 1.165) is 30.8 Å². The van der Waals surface area contributed by atoms with Gasteiger partial charge in [-0.05, 0) is 24.5 Å². The van der Waals surface area contributed by atoms with Crippen LogP contribution in [-0.2, 0) is 20.1 Å². The van der Waals surface area contributed by atoms with Crippen molar-refractivity contribution < 1.29 is 4.74 Å². The van der Waals surface area contributed by atoms with Crippen molar-refractivity contribution in [2.45, 2.75) is 39.8 Å². The lowest BCUT2D eigenvalue weighted by atomic mass is 10.1. The van der Waals surface area contributed by atoms with E-state index in [9.17, 15) is 9.59 Å². The van der Waals surface area contributed by atoms with Gasteiger partial charge in [-0.25, -0.2) is 4.79 Å². The summed E-state index contributed by atoms with van der Waals surface area (Å²) < 4.78 is 10.3. The summed E-state index contributed by atoms with van der Waals surface area (Å²) in [5.41, 5.74) is 1.24. The number of hydrogen-bond acceptors (Lipinski definition) is 5. The first kappa shape index (κ1) is 19.3. The summed E-state index contributed by atoms with van der Waals surface area (Å²) in [5.74, 6) is 1.71. The Morgan fingerprint density at radius 3 is 2.69 bits per heavy atom. The van der Waals surface area contributed by atoms with E-state index in [2.05, 4.69) is 11.8 Å². The zero-order chi connectivity index (χ0) is 20.7. The highest BCUT2D eigenvalue weighted by atomic mass is 16.5. The molecule has 29 heavy (non-hydrogen) atoms. The SMILES string of the molecule is CCCCn1c(=O)c2c(nc3n2C[C@H](C)CN3c2ccccc2OC)n(C)c1=O. The van der Waals surface area contributed by atoms with E-state index in [-0.39, 0.29) is 11.2 Å². The number of benzene rings is 1. The van der Waals surface area contributed by atoms with Gasteiger partial charge in [0.05, 0.1) is 12.8 Å². The third kappa shape index (κ3) is 3.03. The van der Waals surface area contributed by atoms with Crippen molar-refractivity contribution in [1.29, 1.82) is 0 Å². The molecule has 1 aromatic carbocycles. The van der Waals surface area contributed by atoms with E-state index in [0.29, 0.717) is 36.1 Å². The smallest absolute Gasteiger partial charge is 0.332 e. The van der Waals surface area contributed by atoms with E-state index < -0.39 is 0 Å². The van der Waals surface area contributed by atoms with Gasteiger partial charge in [0.15, 0.2) is 11.2 Å². The Kier molecular flexibility index (Phi) is 4.94. The molecule has 0 radical (unpaired) electrons. The number of aromatic nitrogens is 4. The number of aryl methyl sites for hydroxylation is 1. The normalized spacial score (nSPS) is 16.3. The standard InChI is InChI=1S/C21H27N5O3/c1-5-6-11-24-19(27)17-18(23(3)21(24)28)22-20-25(12-14(2)13-26(17)20)15-9-7-8-10-16(15)29-4/h7-10,14H,5-6,11-13H2,1-4H3/t14-/m1/s1. The number of hydrogen-bond donors (Lipinski definition) is 0. The van der Waals surface area contributed by atoms with Gasteiger partial charge in [-0.2, -0.15) is 4.98 Å². The van der Waals surface area contributed by atoms with Crippen molar-refractivity contribution in [3.8, 4) is 5.75 Å². The number of ether oxygens (including phenoxy) is 1. The summed E-state index contributed by atoms with van der Waals surface area (Å²) in [5, 5.41) is 0. The summed E-state index contributed by atoms with van der Waals surface area (Å²) >= 11 is 0. The van der Waals surface area contributed by atoms with Crippen molar-refractivity contribution in [3.05, 3.63) is 45.1 Å². The molecule has 0 N–H and O–H groups in total. The summed E-state index contributed by atoms with van der Waals surface area (Å²) in [6, 6.07) is 7.78. The molecule has 1 atom stereocenters. The Hall–Kier alpha value is -3.03. The number of unbranched alkanes of at least 4 members (excludes halogenated alkanes) is 1. The molecule has 154 valence electrons. The topological polar surface area (TPSA) is 74.3 Å². The van der Waals surface area contributed by atoms with Crippen LogP contribution in [0.1, 0.15) is 26.7 Å². The molecule has 0 bridgehead atoms. The molecule has 0 saturated carbocycles. The zero-order valence-corrected chi connectivity index (χ0v) is 17.4. The Morgan fingerprint density at radius 2 is 1.97 bits per heavy atom. The molecule has 3 aromatic rings. The second-order valence-electron chi connectivity index (χ2n) is 7.73. The average Bonchev–Trinajstić information content (AvgIpc) is 3.11. The first-order valence-electron chi connectivity index (χ1n) is 10.1. The third-order valence-electron chi connectivity index (χ3n) is 5.55. The average molecular weight is 397 g/mol. The van der Waals surface area contributed by atoms with E-state index in [4.69, 9.17) is 9.72 Å². The molecule has 0 saturated heterocycles. The van der Waals surface area contributed by atoms with E-state index in [1.165, 1.54) is 9.13 Å². The maximum atomic E-state index is 13.3. The van der Waals surface area contributed by atoms with E-state index >= 15 is 0 Å². The van der Waals surface area contributed by atoms with Crippen LogP contribution >= 0.6 is 0 Å². The van der Waals surface area contributed by atoms with Crippen LogP contribution in [0.5, 0.6) is 5.75 Å². The van der Waals surface area contributed by atoms with Crippen molar-refractivity contribution in [2.75, 3.05) is 18.6 Å². The van der Waals surface area contributed by atoms with Gasteiger partial charge in [-0.15, -0.1) is 0 Å². The largest absolute Gasteiger partial charge is 0.495 e. The fourth-order valence-electron chi connectivity index (χ4n) is 4.07. The van der Waals surface area contributed by atoms with Gasteiger partial charge in [-0.3, -0.25) is 13.9 Å². The second kappa shape index (κ2) is 7.42. The zero-order valence-electron chi connectivity index (χ0n) is 17.4. The highest BCUT2D eigenvalue weighted by molar-refractivity contribution is 5.78. The van der Waals surface area contributed by atoms with Gasteiger partial charge in [0, 0.05) is 26.7 Å². The number of methoxy groups -OCH3 is 1. The molecule has 0 amide bonds. The number of rotatable bonds is 5. The fraction of sp³-hybridized carbons (Fsp3) is 0.476. The molecule has 8 heteroatoms. The number of para-hydroxylation sites is 2. The molecule has 0 unspecified atom stereocenters. The lowest BCUT2D eigenvalue weighted by molar-refractivity contribution is 0.409. The van der Waals surface area contributed by atoms with Crippen molar-refractivity contribution in [2.24, 2.45) is 13.0 Å². The molecule has 2 aromatic heterocycles. The molecule has 0 fully saturated rings. The van der Waals surface area contributed by atoms with Gasteiger partial charge in [0.25, 0.3) is 5.56 Å². The Bertz CT molecular complexity index is 1170. The second-order valence-corrected chi connectivity index (χ2v) is 7.73. The van der Waals surface area contributed by atoms with Crippen LogP contribution in [0.2, 0.25) is 0 Å². The lowest BCUT2D eigenvalue weighted by Gasteiger charge is -2.33. The van der Waals surface area contributed by atoms with Crippen LogP contribution in [0, 0.1) is 5.92 Å². The summed E-state index contributed by atoms with van der Waals surface area (Å²) in [7, 11) is 3.33. The van der Waals surface area contributed by atoms with Crippen molar-refractivity contribution in [3.63, 3.8) is 0 Å². The molecule has 1 aliphatic heterocycles. The number of imidazole rings is 1. The quantitative estimate of drug-likeness (QED) is 0.661. The number of anilines is 2. The summed E-state index contributed by atoms with van der Waals surface area (Å²) in [4.78, 5) is 32.9. The Morgan fingerprint density at radius 1 is 1.21 bits per heavy atom. The lowest BCUT2D eigenvalue weighted by Crippen LogP contribution is -2.40. The molecule has 1 aliphatic rings. The Balaban J connectivity index is 1.99. The van der Waals surface area contributed by atoms with Crippen molar-refractivity contribution in [1.82, 2.24) is 18.7 Å². The molecule has 4 rings (SSSR count). The van der Waals surface area contributed by atoms with Crippen LogP contribution in [0.25, 0.3) is 11.2 Å². The minimum atomic E-state index is -0.316. The monoisotopic (exact) mass is 397 g/mol. The van der Waals surface area contributed by atoms with Crippen LogP contribution < -0.4 is 20.9 Å². The van der Waals surface area contributed by atoms with E-state index in [1.807, 2.05) is 35.8 Å². The maximum absolute atomic E-state index is 13.3. The summed E-state index contributed by atoms with van der Waals surface area (Å²) in [6.07, 6.45) is 1.70. The van der Waals surface area contributed by atoms with Gasteiger partial charge >= 0.3 is 5.69 Å². The van der Waals surface area contributed by atoms with Gasteiger partial charge in [-0.1, -0.05) is 32.4 Å². The van der Waals surface area contributed by atoms with Gasteiger partial charge in [0.1, 0.15) is 5.75 Å². The van der Waals surface area contributed by atoms with Crippen LogP contribution in [0.15, 0.2) is 33.9 Å². The first-order valence-corrected chi connectivity index (χ1v) is 10.1. The predicted octanol–water partition coefficient (Wildman–Crippen LogP) is 2.49. The van der Waals surface area contributed by atoms with Gasteiger partial charge < -0.3 is 14.2 Å². The fourth-order valence-corrected chi connectivity index (χ4v) is 4.07. The minimum absolute atomic E-state index is 0.260. The predicted molar refractivity (Wildman–Crippen MR) is 113 cm³/mol. The highest BCUT2D eigenvalue weighted by Gasteiger charge is 2.30. The van der Waals surface area contributed by atoms with Crippen LogP contribution in [0.4, 0.5) is 11.6 Å².